The average molecular weight is 290 g/mol. The number of aromatic nitrogens is 1. The maximum atomic E-state index is 9.52. The lowest BCUT2D eigenvalue weighted by molar-refractivity contribution is 0.456. The molecule has 0 amide bonds. The summed E-state index contributed by atoms with van der Waals surface area (Å²) in [7, 11) is 4.01. The molecule has 2 aromatic rings. The molecule has 0 aliphatic rings. The number of thiazole rings is 1. The number of hydrogen-bond donors (Lipinski definition) is 2. The van der Waals surface area contributed by atoms with E-state index in [1.807, 2.05) is 49.3 Å². The Morgan fingerprint density at radius 1 is 1.26 bits per heavy atom. The van der Waals surface area contributed by atoms with Crippen LogP contribution in [0.3, 0.4) is 0 Å². The summed E-state index contributed by atoms with van der Waals surface area (Å²) in [6.07, 6.45) is 3.58. The van der Waals surface area contributed by atoms with Crippen molar-refractivity contribution in [3.63, 3.8) is 0 Å². The van der Waals surface area contributed by atoms with Gasteiger partial charge in [-0.2, -0.15) is 0 Å². The third kappa shape index (κ3) is 3.58. The van der Waals surface area contributed by atoms with Crippen LogP contribution in [0.5, 0.6) is 5.88 Å². The second kappa shape index (κ2) is 5.89. The van der Waals surface area contributed by atoms with E-state index in [0.29, 0.717) is 8.83 Å². The fraction of sp³-hybridized carbons (Fsp3) is 0.143. The van der Waals surface area contributed by atoms with Gasteiger partial charge in [-0.1, -0.05) is 12.1 Å². The Morgan fingerprint density at radius 3 is 2.47 bits per heavy atom. The molecule has 98 valence electrons. The molecule has 2 N–H and O–H groups in total. The van der Waals surface area contributed by atoms with Crippen LogP contribution in [0.2, 0.25) is 0 Å². The van der Waals surface area contributed by atoms with Crippen LogP contribution in [0.15, 0.2) is 30.0 Å². The molecule has 0 aliphatic carbocycles. The van der Waals surface area contributed by atoms with Crippen molar-refractivity contribution < 1.29 is 5.11 Å². The summed E-state index contributed by atoms with van der Waals surface area (Å²) >= 11 is 6.26. The summed E-state index contributed by atoms with van der Waals surface area (Å²) < 4.78 is 0.556. The largest absolute Gasteiger partial charge is 0.494 e. The van der Waals surface area contributed by atoms with Crippen molar-refractivity contribution in [1.29, 1.82) is 0 Å². The van der Waals surface area contributed by atoms with Crippen LogP contribution in [-0.4, -0.2) is 24.2 Å². The topological polar surface area (TPSA) is 39.3 Å². The van der Waals surface area contributed by atoms with E-state index in [-0.39, 0.29) is 5.88 Å². The van der Waals surface area contributed by atoms with E-state index in [0.717, 1.165) is 11.3 Å². The average Bonchev–Trinajstić information content (AvgIpc) is 2.68. The molecule has 19 heavy (non-hydrogen) atoms. The lowest BCUT2D eigenvalue weighted by atomic mass is 10.2. The van der Waals surface area contributed by atoms with Crippen LogP contribution < -0.4 is 4.90 Å². The van der Waals surface area contributed by atoms with Gasteiger partial charge in [-0.3, -0.25) is 0 Å². The van der Waals surface area contributed by atoms with Gasteiger partial charge in [0.15, 0.2) is 3.95 Å². The van der Waals surface area contributed by atoms with E-state index >= 15 is 0 Å². The second-order valence-corrected chi connectivity index (χ2v) is 5.89. The van der Waals surface area contributed by atoms with E-state index in [1.165, 1.54) is 11.3 Å². The van der Waals surface area contributed by atoms with Gasteiger partial charge < -0.3 is 15.0 Å². The summed E-state index contributed by atoms with van der Waals surface area (Å²) in [5.41, 5.74) is 5.25. The third-order valence-corrected chi connectivity index (χ3v) is 3.70. The van der Waals surface area contributed by atoms with Crippen molar-refractivity contribution in [2.75, 3.05) is 19.0 Å². The van der Waals surface area contributed by atoms with Crippen molar-refractivity contribution in [3.05, 3.63) is 44.4 Å². The molecule has 0 saturated heterocycles. The summed E-state index contributed by atoms with van der Waals surface area (Å²) in [5.74, 6) is 0.0962. The summed E-state index contributed by atoms with van der Waals surface area (Å²) in [4.78, 5) is 5.41. The first kappa shape index (κ1) is 13.6. The SMILES string of the molecule is CN(C)c1ccc(C=C=Cc2sc(=S)[nH]c2O)cc1. The molecular formula is C14H14N2OS2. The van der Waals surface area contributed by atoms with Gasteiger partial charge in [0.2, 0.25) is 5.88 Å². The normalized spacial score (nSPS) is 9.79. The lowest BCUT2D eigenvalue weighted by Crippen LogP contribution is -2.07. The summed E-state index contributed by atoms with van der Waals surface area (Å²) in [6.45, 7) is 0. The van der Waals surface area contributed by atoms with Crippen LogP contribution in [0.25, 0.3) is 12.2 Å². The van der Waals surface area contributed by atoms with Gasteiger partial charge in [-0.25, -0.2) is 0 Å². The highest BCUT2D eigenvalue weighted by Gasteiger charge is 1.99. The molecule has 0 bridgehead atoms. The van der Waals surface area contributed by atoms with Gasteiger partial charge in [-0.05, 0) is 36.0 Å². The minimum Gasteiger partial charge on any atom is -0.494 e. The highest BCUT2D eigenvalue weighted by Crippen LogP contribution is 2.22. The fourth-order valence-corrected chi connectivity index (χ4v) is 2.50. The van der Waals surface area contributed by atoms with E-state index in [2.05, 4.69) is 10.7 Å². The quantitative estimate of drug-likeness (QED) is 0.665. The number of H-pyrrole nitrogens is 1. The molecule has 1 heterocycles. The number of nitrogens with one attached hydrogen (secondary N) is 1. The molecule has 0 spiro atoms. The Bertz CT molecular complexity index is 674. The molecule has 5 heteroatoms. The molecule has 0 fully saturated rings. The van der Waals surface area contributed by atoms with Crippen molar-refractivity contribution >= 4 is 41.4 Å². The van der Waals surface area contributed by atoms with Gasteiger partial charge in [0, 0.05) is 25.9 Å². The number of benzene rings is 1. The van der Waals surface area contributed by atoms with Crippen LogP contribution >= 0.6 is 23.6 Å². The fourth-order valence-electron chi connectivity index (χ4n) is 1.51. The molecule has 0 atom stereocenters. The predicted molar refractivity (Wildman–Crippen MR) is 84.4 cm³/mol. The molecule has 0 radical (unpaired) electrons. The molecule has 3 nitrogen and oxygen atoms in total. The third-order valence-electron chi connectivity index (χ3n) is 2.53. The van der Waals surface area contributed by atoms with Gasteiger partial charge in [0.05, 0.1) is 4.88 Å². The second-order valence-electron chi connectivity index (χ2n) is 4.17. The van der Waals surface area contributed by atoms with Gasteiger partial charge in [0.25, 0.3) is 0 Å². The van der Waals surface area contributed by atoms with Crippen molar-refractivity contribution in [2.45, 2.75) is 0 Å². The van der Waals surface area contributed by atoms with E-state index in [1.54, 1.807) is 6.08 Å². The molecule has 2 rings (SSSR count). The number of aromatic hydroxyl groups is 1. The first-order chi connectivity index (χ1) is 9.06. The lowest BCUT2D eigenvalue weighted by Gasteiger charge is -2.11. The summed E-state index contributed by atoms with van der Waals surface area (Å²) in [6, 6.07) is 8.14. The summed E-state index contributed by atoms with van der Waals surface area (Å²) in [5, 5.41) is 9.52. The minimum absolute atomic E-state index is 0.0962. The molecule has 1 aromatic heterocycles. The molecule has 0 aliphatic heterocycles. The van der Waals surface area contributed by atoms with Crippen LogP contribution in [-0.2, 0) is 0 Å². The number of rotatable bonds is 3. The van der Waals surface area contributed by atoms with E-state index in [4.69, 9.17) is 12.2 Å². The number of aromatic amines is 1. The Hall–Kier alpha value is -1.81. The zero-order valence-corrected chi connectivity index (χ0v) is 12.3. The van der Waals surface area contributed by atoms with Gasteiger partial charge >= 0.3 is 0 Å². The van der Waals surface area contributed by atoms with Gasteiger partial charge in [-0.15, -0.1) is 17.1 Å². The van der Waals surface area contributed by atoms with E-state index < -0.39 is 0 Å². The van der Waals surface area contributed by atoms with Crippen LogP contribution in [0.1, 0.15) is 10.4 Å². The van der Waals surface area contributed by atoms with E-state index in [9.17, 15) is 5.11 Å². The molecule has 0 unspecified atom stereocenters. The Balaban J connectivity index is 2.18. The van der Waals surface area contributed by atoms with Crippen molar-refractivity contribution in [2.24, 2.45) is 0 Å². The van der Waals surface area contributed by atoms with Crippen LogP contribution in [0.4, 0.5) is 5.69 Å². The number of nitrogens with zero attached hydrogens (tertiary/aromatic N) is 1. The van der Waals surface area contributed by atoms with Crippen molar-refractivity contribution in [3.8, 4) is 5.88 Å². The minimum atomic E-state index is 0.0962. The first-order valence-electron chi connectivity index (χ1n) is 5.68. The Morgan fingerprint density at radius 2 is 1.95 bits per heavy atom. The number of hydrogen-bond acceptors (Lipinski definition) is 4. The number of anilines is 1. The smallest absolute Gasteiger partial charge is 0.208 e. The maximum absolute atomic E-state index is 9.52. The molecule has 1 aromatic carbocycles. The Kier molecular flexibility index (Phi) is 4.22. The highest BCUT2D eigenvalue weighted by molar-refractivity contribution is 7.73. The standard InChI is InChI=1S/C14H14N2OS2/c1-16(2)11-8-6-10(7-9-11)4-3-5-12-13(17)15-14(18)19-12/h4-9,17H,1-2H3,(H,15,18). The zero-order chi connectivity index (χ0) is 13.8. The van der Waals surface area contributed by atoms with Gasteiger partial charge in [0.1, 0.15) is 0 Å². The molecule has 0 saturated carbocycles. The van der Waals surface area contributed by atoms with Crippen molar-refractivity contribution in [1.82, 2.24) is 4.98 Å². The van der Waals surface area contributed by atoms with Crippen LogP contribution in [0, 0.1) is 3.95 Å². The predicted octanol–water partition coefficient (Wildman–Crippen LogP) is 3.90. The highest BCUT2D eigenvalue weighted by atomic mass is 32.1. The monoisotopic (exact) mass is 290 g/mol. The Labute approximate surface area is 121 Å². The zero-order valence-electron chi connectivity index (χ0n) is 10.7. The first-order valence-corrected chi connectivity index (χ1v) is 6.90. The molecular weight excluding hydrogens is 276 g/mol. The maximum Gasteiger partial charge on any atom is 0.208 e.